The molecule has 168 valence electrons. The van der Waals surface area contributed by atoms with Crippen molar-refractivity contribution in [1.29, 1.82) is 0 Å². The van der Waals surface area contributed by atoms with Crippen molar-refractivity contribution < 1.29 is 13.9 Å². The molecule has 1 aromatic carbocycles. The van der Waals surface area contributed by atoms with Crippen molar-refractivity contribution in [1.82, 2.24) is 20.4 Å². The van der Waals surface area contributed by atoms with E-state index in [0.717, 1.165) is 45.0 Å². The summed E-state index contributed by atoms with van der Waals surface area (Å²) in [6.07, 6.45) is 2.41. The van der Waals surface area contributed by atoms with Crippen molar-refractivity contribution >= 4 is 11.9 Å². The fourth-order valence-electron chi connectivity index (χ4n) is 3.28. The minimum absolute atomic E-state index is 0.00625. The first kappa shape index (κ1) is 22.8. The highest BCUT2D eigenvalue weighted by Gasteiger charge is 2.13. The van der Waals surface area contributed by atoms with Crippen LogP contribution in [0.2, 0.25) is 0 Å². The van der Waals surface area contributed by atoms with E-state index in [1.807, 2.05) is 18.2 Å². The third-order valence-electron chi connectivity index (χ3n) is 5.17. The van der Waals surface area contributed by atoms with E-state index in [-0.39, 0.29) is 12.5 Å². The van der Waals surface area contributed by atoms with E-state index in [9.17, 15) is 4.79 Å². The Labute approximate surface area is 184 Å². The van der Waals surface area contributed by atoms with E-state index in [4.69, 9.17) is 14.1 Å². The minimum atomic E-state index is -0.00625. The summed E-state index contributed by atoms with van der Waals surface area (Å²) in [6, 6.07) is 12.2. The number of guanidine groups is 1. The van der Waals surface area contributed by atoms with Gasteiger partial charge in [0.15, 0.2) is 5.96 Å². The first-order valence-electron chi connectivity index (χ1n) is 10.7. The quantitative estimate of drug-likeness (QED) is 0.466. The molecule has 8 nitrogen and oxygen atoms in total. The molecule has 0 spiro atoms. The van der Waals surface area contributed by atoms with Crippen molar-refractivity contribution in [3.63, 3.8) is 0 Å². The summed E-state index contributed by atoms with van der Waals surface area (Å²) in [6.45, 7) is 5.74. The molecule has 1 saturated heterocycles. The van der Waals surface area contributed by atoms with E-state index in [1.165, 1.54) is 11.1 Å². The molecule has 2 aromatic rings. The Bertz CT molecular complexity index is 829. The monoisotopic (exact) mass is 427 g/mol. The molecule has 31 heavy (non-hydrogen) atoms. The molecule has 0 atom stereocenters. The van der Waals surface area contributed by atoms with Gasteiger partial charge < -0.3 is 24.7 Å². The molecule has 3 rings (SSSR count). The van der Waals surface area contributed by atoms with Gasteiger partial charge in [0.1, 0.15) is 5.76 Å². The maximum Gasteiger partial charge on any atom is 0.241 e. The minimum Gasteiger partial charge on any atom is -0.469 e. The molecule has 2 N–H and O–H groups in total. The second kappa shape index (κ2) is 12.1. The Morgan fingerprint density at radius 3 is 2.58 bits per heavy atom. The number of ether oxygens (including phenoxy) is 1. The maximum atomic E-state index is 12.0. The molecule has 8 heteroatoms. The molecule has 0 unspecified atom stereocenters. The number of benzene rings is 1. The third kappa shape index (κ3) is 7.73. The molecule has 1 aliphatic rings. The predicted molar refractivity (Wildman–Crippen MR) is 121 cm³/mol. The summed E-state index contributed by atoms with van der Waals surface area (Å²) in [5.74, 6) is 1.52. The number of aliphatic imine (C=N–C) groups is 1. The number of amides is 1. The van der Waals surface area contributed by atoms with Crippen molar-refractivity contribution in [3.8, 4) is 0 Å². The lowest BCUT2D eigenvalue weighted by atomic mass is 10.1. The van der Waals surface area contributed by atoms with Gasteiger partial charge in [-0.2, -0.15) is 0 Å². The van der Waals surface area contributed by atoms with E-state index in [1.54, 1.807) is 25.3 Å². The van der Waals surface area contributed by atoms with Gasteiger partial charge in [0, 0.05) is 46.7 Å². The van der Waals surface area contributed by atoms with Crippen LogP contribution in [0, 0.1) is 0 Å². The van der Waals surface area contributed by atoms with Crippen LogP contribution in [0.3, 0.4) is 0 Å². The van der Waals surface area contributed by atoms with Gasteiger partial charge in [-0.05, 0) is 23.3 Å². The molecular formula is C23H33N5O3. The second-order valence-electron chi connectivity index (χ2n) is 7.72. The van der Waals surface area contributed by atoms with Gasteiger partial charge in [0.25, 0.3) is 0 Å². The Morgan fingerprint density at radius 1 is 1.10 bits per heavy atom. The van der Waals surface area contributed by atoms with Gasteiger partial charge in [-0.25, -0.2) is 4.99 Å². The number of furan rings is 1. The molecule has 1 amide bonds. The van der Waals surface area contributed by atoms with Crippen LogP contribution in [0.25, 0.3) is 0 Å². The lowest BCUT2D eigenvalue weighted by Crippen LogP contribution is -2.43. The topological polar surface area (TPSA) is 82.3 Å². The van der Waals surface area contributed by atoms with Crippen LogP contribution >= 0.6 is 0 Å². The van der Waals surface area contributed by atoms with Gasteiger partial charge in [-0.15, -0.1) is 0 Å². The number of nitrogens with one attached hydrogen (secondary N) is 2. The van der Waals surface area contributed by atoms with Crippen LogP contribution in [0.4, 0.5) is 0 Å². The fraction of sp³-hybridized carbons (Fsp3) is 0.478. The van der Waals surface area contributed by atoms with Crippen LogP contribution in [-0.4, -0.2) is 75.2 Å². The zero-order chi connectivity index (χ0) is 21.9. The first-order chi connectivity index (χ1) is 15.1. The van der Waals surface area contributed by atoms with Crippen LogP contribution in [-0.2, 0) is 29.0 Å². The Kier molecular flexibility index (Phi) is 8.93. The highest BCUT2D eigenvalue weighted by molar-refractivity contribution is 5.86. The molecular weight excluding hydrogens is 394 g/mol. The number of rotatable bonds is 9. The number of likely N-dealkylation sites (N-methyl/N-ethyl adjacent to an activating group) is 1. The summed E-state index contributed by atoms with van der Waals surface area (Å²) in [4.78, 5) is 20.7. The largest absolute Gasteiger partial charge is 0.469 e. The lowest BCUT2D eigenvalue weighted by Gasteiger charge is -2.27. The van der Waals surface area contributed by atoms with Crippen molar-refractivity contribution in [2.45, 2.75) is 19.5 Å². The van der Waals surface area contributed by atoms with Crippen LogP contribution in [0.15, 0.2) is 52.1 Å². The molecule has 0 radical (unpaired) electrons. The zero-order valence-corrected chi connectivity index (χ0v) is 18.5. The SMILES string of the molecule is CN(C)C(=O)CNC(=NCc1ccccc1CN1CCOCC1)NCCc1ccco1. The summed E-state index contributed by atoms with van der Waals surface area (Å²) >= 11 is 0. The number of morpholine rings is 1. The van der Waals surface area contributed by atoms with Gasteiger partial charge in [-0.1, -0.05) is 24.3 Å². The molecule has 2 heterocycles. The van der Waals surface area contributed by atoms with E-state index in [2.05, 4.69) is 33.7 Å². The molecule has 1 fully saturated rings. The fourth-order valence-corrected chi connectivity index (χ4v) is 3.28. The van der Waals surface area contributed by atoms with Crippen molar-refractivity contribution in [2.75, 3.05) is 53.5 Å². The van der Waals surface area contributed by atoms with E-state index in [0.29, 0.717) is 19.0 Å². The number of carbonyl (C=O) groups is 1. The number of hydrogen-bond donors (Lipinski definition) is 2. The van der Waals surface area contributed by atoms with Gasteiger partial charge in [0.05, 0.1) is 32.6 Å². The first-order valence-corrected chi connectivity index (χ1v) is 10.7. The normalized spacial score (nSPS) is 15.0. The Morgan fingerprint density at radius 2 is 1.87 bits per heavy atom. The molecule has 1 aromatic heterocycles. The van der Waals surface area contributed by atoms with E-state index >= 15 is 0 Å². The number of hydrogen-bond acceptors (Lipinski definition) is 5. The van der Waals surface area contributed by atoms with Crippen LogP contribution in [0.1, 0.15) is 16.9 Å². The van der Waals surface area contributed by atoms with Crippen molar-refractivity contribution in [3.05, 3.63) is 59.5 Å². The molecule has 0 aliphatic carbocycles. The summed E-state index contributed by atoms with van der Waals surface area (Å²) in [5.41, 5.74) is 2.45. The number of carbonyl (C=O) groups excluding carboxylic acids is 1. The Balaban J connectivity index is 1.63. The summed E-state index contributed by atoms with van der Waals surface area (Å²) in [7, 11) is 3.49. The predicted octanol–water partition coefficient (Wildman–Crippen LogP) is 1.48. The summed E-state index contributed by atoms with van der Waals surface area (Å²) in [5, 5.41) is 6.45. The average molecular weight is 428 g/mol. The third-order valence-corrected chi connectivity index (χ3v) is 5.17. The zero-order valence-electron chi connectivity index (χ0n) is 18.5. The summed E-state index contributed by atoms with van der Waals surface area (Å²) < 4.78 is 10.8. The molecule has 0 saturated carbocycles. The van der Waals surface area contributed by atoms with Crippen LogP contribution in [0.5, 0.6) is 0 Å². The maximum absolute atomic E-state index is 12.0. The molecule has 1 aliphatic heterocycles. The highest BCUT2D eigenvalue weighted by atomic mass is 16.5. The van der Waals surface area contributed by atoms with Gasteiger partial charge in [-0.3, -0.25) is 9.69 Å². The molecule has 0 bridgehead atoms. The smallest absolute Gasteiger partial charge is 0.241 e. The average Bonchev–Trinajstić information content (AvgIpc) is 3.30. The van der Waals surface area contributed by atoms with Gasteiger partial charge in [0.2, 0.25) is 5.91 Å². The van der Waals surface area contributed by atoms with Gasteiger partial charge >= 0.3 is 0 Å². The number of nitrogens with zero attached hydrogens (tertiary/aromatic N) is 3. The Hall–Kier alpha value is -2.84. The van der Waals surface area contributed by atoms with E-state index < -0.39 is 0 Å². The lowest BCUT2D eigenvalue weighted by molar-refractivity contribution is -0.127. The van der Waals surface area contributed by atoms with Crippen LogP contribution < -0.4 is 10.6 Å². The van der Waals surface area contributed by atoms with Crippen molar-refractivity contribution in [2.24, 2.45) is 4.99 Å². The standard InChI is InChI=1S/C23H33N5O3/c1-27(2)22(29)17-26-23(24-10-9-21-8-5-13-31-21)25-16-19-6-3-4-7-20(19)18-28-11-14-30-15-12-28/h3-8,13H,9-12,14-18H2,1-2H3,(H2,24,25,26). The highest BCUT2D eigenvalue weighted by Crippen LogP contribution is 2.14. The second-order valence-corrected chi connectivity index (χ2v) is 7.72.